The van der Waals surface area contributed by atoms with E-state index < -0.39 is 0 Å². The zero-order valence-corrected chi connectivity index (χ0v) is 13.6. The molecule has 3 nitrogen and oxygen atoms in total. The molecule has 2 atom stereocenters. The SMILES string of the molecule is COC(=O)C(CC(C)C)NC(C)c1cc(Br)cs1. The summed E-state index contributed by atoms with van der Waals surface area (Å²) in [6.45, 7) is 6.27. The number of methoxy groups -OCH3 is 1. The third-order valence-electron chi connectivity index (χ3n) is 2.66. The second-order valence-corrected chi connectivity index (χ2v) is 6.62. The molecule has 1 aromatic heterocycles. The van der Waals surface area contributed by atoms with Gasteiger partial charge < -0.3 is 4.74 Å². The average molecular weight is 334 g/mol. The molecule has 0 aromatic carbocycles. The third kappa shape index (κ3) is 4.71. The number of nitrogens with one attached hydrogen (secondary N) is 1. The van der Waals surface area contributed by atoms with E-state index in [-0.39, 0.29) is 18.1 Å². The van der Waals surface area contributed by atoms with Crippen LogP contribution in [0, 0.1) is 5.92 Å². The highest BCUT2D eigenvalue weighted by Crippen LogP contribution is 2.26. The number of halogens is 1. The van der Waals surface area contributed by atoms with Gasteiger partial charge in [0.25, 0.3) is 0 Å². The standard InChI is InChI=1S/C13H20BrNO2S/c1-8(2)5-11(13(16)17-4)15-9(3)12-6-10(14)7-18-12/h6-9,11,15H,5H2,1-4H3. The molecule has 0 radical (unpaired) electrons. The largest absolute Gasteiger partial charge is 0.468 e. The number of carbonyl (C=O) groups is 1. The zero-order valence-electron chi connectivity index (χ0n) is 11.2. The first-order chi connectivity index (χ1) is 8.43. The Morgan fingerprint density at radius 3 is 2.61 bits per heavy atom. The predicted octanol–water partition coefficient (Wildman–Crippen LogP) is 3.75. The number of thiophene rings is 1. The lowest BCUT2D eigenvalue weighted by Gasteiger charge is -2.22. The molecule has 1 rings (SSSR count). The van der Waals surface area contributed by atoms with Gasteiger partial charge in [0, 0.05) is 20.8 Å². The molecule has 0 saturated heterocycles. The minimum Gasteiger partial charge on any atom is -0.468 e. The third-order valence-corrected chi connectivity index (χ3v) is 4.53. The van der Waals surface area contributed by atoms with Crippen molar-refractivity contribution in [2.75, 3.05) is 7.11 Å². The van der Waals surface area contributed by atoms with Gasteiger partial charge in [-0.15, -0.1) is 11.3 Å². The fraction of sp³-hybridized carbons (Fsp3) is 0.615. The van der Waals surface area contributed by atoms with Gasteiger partial charge in [-0.05, 0) is 41.3 Å². The van der Waals surface area contributed by atoms with Crippen molar-refractivity contribution >= 4 is 33.2 Å². The maximum absolute atomic E-state index is 11.7. The number of hydrogen-bond acceptors (Lipinski definition) is 4. The molecule has 18 heavy (non-hydrogen) atoms. The zero-order chi connectivity index (χ0) is 13.7. The molecule has 0 aliphatic carbocycles. The van der Waals surface area contributed by atoms with E-state index >= 15 is 0 Å². The minimum absolute atomic E-state index is 0.143. The van der Waals surface area contributed by atoms with E-state index in [0.29, 0.717) is 5.92 Å². The summed E-state index contributed by atoms with van der Waals surface area (Å²) in [7, 11) is 1.43. The van der Waals surface area contributed by atoms with Gasteiger partial charge in [-0.2, -0.15) is 0 Å². The summed E-state index contributed by atoms with van der Waals surface area (Å²) in [4.78, 5) is 12.9. The summed E-state index contributed by atoms with van der Waals surface area (Å²) >= 11 is 5.12. The Hall–Kier alpha value is -0.390. The lowest BCUT2D eigenvalue weighted by atomic mass is 10.0. The van der Waals surface area contributed by atoms with Crippen LogP contribution in [0.5, 0.6) is 0 Å². The molecule has 2 unspecified atom stereocenters. The summed E-state index contributed by atoms with van der Waals surface area (Å²) in [5.74, 6) is 0.259. The van der Waals surface area contributed by atoms with Gasteiger partial charge in [-0.1, -0.05) is 13.8 Å². The Kier molecular flexibility index (Phi) is 6.32. The number of esters is 1. The molecule has 0 aliphatic rings. The van der Waals surface area contributed by atoms with Crippen molar-refractivity contribution in [3.05, 3.63) is 20.8 Å². The molecule has 1 aromatic rings. The van der Waals surface area contributed by atoms with Crippen molar-refractivity contribution < 1.29 is 9.53 Å². The normalized spacial score (nSPS) is 14.6. The molecule has 0 bridgehead atoms. The first-order valence-electron chi connectivity index (χ1n) is 6.01. The van der Waals surface area contributed by atoms with Crippen molar-refractivity contribution in [3.8, 4) is 0 Å². The van der Waals surface area contributed by atoms with Crippen LogP contribution in [0.4, 0.5) is 0 Å². The van der Waals surface area contributed by atoms with Crippen molar-refractivity contribution in [2.45, 2.75) is 39.3 Å². The first kappa shape index (κ1) is 15.7. The Morgan fingerprint density at radius 2 is 2.17 bits per heavy atom. The maximum atomic E-state index is 11.7. The Morgan fingerprint density at radius 1 is 1.50 bits per heavy atom. The molecule has 102 valence electrons. The van der Waals surface area contributed by atoms with E-state index in [9.17, 15) is 4.79 Å². The highest BCUT2D eigenvalue weighted by atomic mass is 79.9. The van der Waals surface area contributed by atoms with E-state index in [1.165, 1.54) is 12.0 Å². The number of carbonyl (C=O) groups excluding carboxylic acids is 1. The van der Waals surface area contributed by atoms with Crippen LogP contribution in [0.25, 0.3) is 0 Å². The van der Waals surface area contributed by atoms with Gasteiger partial charge in [0.05, 0.1) is 7.11 Å². The van der Waals surface area contributed by atoms with Crippen LogP contribution >= 0.6 is 27.3 Å². The van der Waals surface area contributed by atoms with Crippen LogP contribution in [-0.2, 0) is 9.53 Å². The van der Waals surface area contributed by atoms with Gasteiger partial charge in [0.2, 0.25) is 0 Å². The Balaban J connectivity index is 2.67. The number of rotatable bonds is 6. The summed E-state index contributed by atoms with van der Waals surface area (Å²) < 4.78 is 5.93. The van der Waals surface area contributed by atoms with Crippen LogP contribution in [0.2, 0.25) is 0 Å². The van der Waals surface area contributed by atoms with Crippen LogP contribution in [-0.4, -0.2) is 19.1 Å². The molecule has 1 N–H and O–H groups in total. The average Bonchev–Trinajstić information content (AvgIpc) is 2.73. The molecule has 0 aliphatic heterocycles. The van der Waals surface area contributed by atoms with Crippen LogP contribution in [0.1, 0.15) is 38.1 Å². The molecular weight excluding hydrogens is 314 g/mol. The fourth-order valence-electron chi connectivity index (χ4n) is 1.79. The second kappa shape index (κ2) is 7.26. The fourth-order valence-corrected chi connectivity index (χ4v) is 3.25. The van der Waals surface area contributed by atoms with E-state index in [1.807, 2.05) is 5.38 Å². The molecular formula is C13H20BrNO2S. The molecule has 1 heterocycles. The van der Waals surface area contributed by atoms with Crippen molar-refractivity contribution in [1.29, 1.82) is 0 Å². The van der Waals surface area contributed by atoms with Crippen LogP contribution in [0.3, 0.4) is 0 Å². The highest BCUT2D eigenvalue weighted by Gasteiger charge is 2.23. The van der Waals surface area contributed by atoms with E-state index in [2.05, 4.69) is 48.1 Å². The Bertz CT molecular complexity index is 392. The lowest BCUT2D eigenvalue weighted by Crippen LogP contribution is -2.39. The monoisotopic (exact) mass is 333 g/mol. The quantitative estimate of drug-likeness (QED) is 0.805. The van der Waals surface area contributed by atoms with Crippen LogP contribution in [0.15, 0.2) is 15.9 Å². The van der Waals surface area contributed by atoms with Gasteiger partial charge in [0.1, 0.15) is 6.04 Å². The topological polar surface area (TPSA) is 38.3 Å². The van der Waals surface area contributed by atoms with Gasteiger partial charge in [-0.25, -0.2) is 0 Å². The summed E-state index contributed by atoms with van der Waals surface area (Å²) in [5, 5.41) is 5.39. The van der Waals surface area contributed by atoms with Crippen LogP contribution < -0.4 is 5.32 Å². The second-order valence-electron chi connectivity index (χ2n) is 4.76. The smallest absolute Gasteiger partial charge is 0.322 e. The summed E-state index contributed by atoms with van der Waals surface area (Å²) in [5.41, 5.74) is 0. The van der Waals surface area contributed by atoms with Gasteiger partial charge in [-0.3, -0.25) is 10.1 Å². The van der Waals surface area contributed by atoms with Gasteiger partial charge >= 0.3 is 5.97 Å². The molecule has 0 fully saturated rings. The van der Waals surface area contributed by atoms with E-state index in [0.717, 1.165) is 10.9 Å². The summed E-state index contributed by atoms with van der Waals surface area (Å²) in [6.07, 6.45) is 0.781. The molecule has 5 heteroatoms. The number of hydrogen-bond donors (Lipinski definition) is 1. The summed E-state index contributed by atoms with van der Waals surface area (Å²) in [6, 6.07) is 1.97. The molecule has 0 saturated carbocycles. The Labute approximate surface area is 121 Å². The molecule has 0 amide bonds. The molecule has 0 spiro atoms. The lowest BCUT2D eigenvalue weighted by molar-refractivity contribution is -0.143. The van der Waals surface area contributed by atoms with E-state index in [1.54, 1.807) is 11.3 Å². The van der Waals surface area contributed by atoms with Crippen molar-refractivity contribution in [3.63, 3.8) is 0 Å². The van der Waals surface area contributed by atoms with Crippen molar-refractivity contribution in [2.24, 2.45) is 5.92 Å². The maximum Gasteiger partial charge on any atom is 0.322 e. The number of ether oxygens (including phenoxy) is 1. The predicted molar refractivity (Wildman–Crippen MR) is 78.8 cm³/mol. The minimum atomic E-state index is -0.245. The van der Waals surface area contributed by atoms with Crippen molar-refractivity contribution in [1.82, 2.24) is 5.32 Å². The van der Waals surface area contributed by atoms with Gasteiger partial charge in [0.15, 0.2) is 0 Å². The highest BCUT2D eigenvalue weighted by molar-refractivity contribution is 9.10. The first-order valence-corrected chi connectivity index (χ1v) is 7.69. The van der Waals surface area contributed by atoms with E-state index in [4.69, 9.17) is 4.74 Å².